The van der Waals surface area contributed by atoms with Gasteiger partial charge in [0.2, 0.25) is 0 Å². The van der Waals surface area contributed by atoms with Gasteiger partial charge in [-0.1, -0.05) is 94.3 Å². The number of allylic oxidation sites excluding steroid dienone is 2. The van der Waals surface area contributed by atoms with Crippen molar-refractivity contribution in [2.75, 3.05) is 0 Å². The van der Waals surface area contributed by atoms with Crippen LogP contribution < -0.4 is 0 Å². The Morgan fingerprint density at radius 3 is 1.90 bits per heavy atom. The van der Waals surface area contributed by atoms with Crippen LogP contribution in [0.1, 0.15) is 64.7 Å². The molecule has 2 aromatic rings. The van der Waals surface area contributed by atoms with Crippen molar-refractivity contribution in [1.82, 2.24) is 0 Å². The van der Waals surface area contributed by atoms with E-state index in [4.69, 9.17) is 4.99 Å². The zero-order chi connectivity index (χ0) is 19.7. The predicted molar refractivity (Wildman–Crippen MR) is 124 cm³/mol. The first-order valence-corrected chi connectivity index (χ1v) is 10.8. The van der Waals surface area contributed by atoms with Crippen molar-refractivity contribution >= 4 is 23.3 Å². The second kappa shape index (κ2) is 17.1. The maximum absolute atomic E-state index is 4.73. The van der Waals surface area contributed by atoms with Gasteiger partial charge in [0, 0.05) is 20.4 Å². The number of hydrogen-bond acceptors (Lipinski definition) is 2. The summed E-state index contributed by atoms with van der Waals surface area (Å²) in [6.07, 6.45) is 18.1. The molecule has 0 aromatic heterocycles. The molecule has 29 heavy (non-hydrogen) atoms. The SMILES string of the molecule is CCCCCCCCCC/C=C/C(C=Nc1ccccc1)=Nc1ccccc1.[Pd]. The third-order valence-corrected chi connectivity index (χ3v) is 4.63. The maximum Gasteiger partial charge on any atom is 0.0816 e. The predicted octanol–water partition coefficient (Wildman–Crippen LogP) is 8.25. The van der Waals surface area contributed by atoms with Crippen LogP contribution in [0.5, 0.6) is 0 Å². The van der Waals surface area contributed by atoms with Gasteiger partial charge >= 0.3 is 0 Å². The number of hydrogen-bond donors (Lipinski definition) is 0. The van der Waals surface area contributed by atoms with Crippen LogP contribution in [0.4, 0.5) is 11.4 Å². The van der Waals surface area contributed by atoms with E-state index < -0.39 is 0 Å². The van der Waals surface area contributed by atoms with Gasteiger partial charge in [-0.3, -0.25) is 4.99 Å². The van der Waals surface area contributed by atoms with Gasteiger partial charge in [0.1, 0.15) is 0 Å². The molecule has 0 aliphatic rings. The van der Waals surface area contributed by atoms with Crippen LogP contribution in [0.15, 0.2) is 82.8 Å². The summed E-state index contributed by atoms with van der Waals surface area (Å²) in [7, 11) is 0. The molecule has 0 aliphatic heterocycles. The first-order valence-electron chi connectivity index (χ1n) is 10.8. The minimum absolute atomic E-state index is 0. The summed E-state index contributed by atoms with van der Waals surface area (Å²) in [4.78, 5) is 9.29. The minimum Gasteiger partial charge on any atom is -0.255 e. The van der Waals surface area contributed by atoms with Crippen molar-refractivity contribution in [1.29, 1.82) is 0 Å². The Morgan fingerprint density at radius 2 is 1.28 bits per heavy atom. The van der Waals surface area contributed by atoms with Crippen molar-refractivity contribution in [2.45, 2.75) is 64.7 Å². The van der Waals surface area contributed by atoms with E-state index in [0.29, 0.717) is 0 Å². The van der Waals surface area contributed by atoms with E-state index in [1.54, 1.807) is 0 Å². The Morgan fingerprint density at radius 1 is 0.724 bits per heavy atom. The third-order valence-electron chi connectivity index (χ3n) is 4.63. The van der Waals surface area contributed by atoms with E-state index in [2.05, 4.69) is 24.1 Å². The molecule has 0 aliphatic carbocycles. The van der Waals surface area contributed by atoms with Gasteiger partial charge < -0.3 is 0 Å². The fourth-order valence-electron chi connectivity index (χ4n) is 3.02. The van der Waals surface area contributed by atoms with Gasteiger partial charge in [-0.05, 0) is 43.2 Å². The normalized spacial score (nSPS) is 11.8. The average Bonchev–Trinajstić information content (AvgIpc) is 2.74. The molecule has 158 valence electrons. The van der Waals surface area contributed by atoms with Crippen LogP contribution in [0.2, 0.25) is 0 Å². The van der Waals surface area contributed by atoms with Gasteiger partial charge in [-0.2, -0.15) is 0 Å². The summed E-state index contributed by atoms with van der Waals surface area (Å²) in [6.45, 7) is 2.27. The Bertz CT molecular complexity index is 721. The first kappa shape index (κ1) is 25.2. The van der Waals surface area contributed by atoms with Crippen molar-refractivity contribution in [2.24, 2.45) is 9.98 Å². The minimum atomic E-state index is 0. The molecule has 0 radical (unpaired) electrons. The van der Waals surface area contributed by atoms with Crippen LogP contribution in [0.25, 0.3) is 0 Å². The van der Waals surface area contributed by atoms with Gasteiger partial charge in [0.25, 0.3) is 0 Å². The van der Waals surface area contributed by atoms with E-state index >= 15 is 0 Å². The van der Waals surface area contributed by atoms with Crippen LogP contribution >= 0.6 is 0 Å². The molecule has 2 rings (SSSR count). The summed E-state index contributed by atoms with van der Waals surface area (Å²) in [5, 5.41) is 0. The maximum atomic E-state index is 4.73. The molecule has 0 amide bonds. The molecule has 0 saturated heterocycles. The van der Waals surface area contributed by atoms with E-state index in [1.165, 1.54) is 51.4 Å². The van der Waals surface area contributed by atoms with Gasteiger partial charge in [0.15, 0.2) is 0 Å². The van der Waals surface area contributed by atoms with Crippen LogP contribution in [-0.4, -0.2) is 11.9 Å². The Hall–Kier alpha value is -1.82. The summed E-state index contributed by atoms with van der Waals surface area (Å²) >= 11 is 0. The van der Waals surface area contributed by atoms with Gasteiger partial charge in [-0.15, -0.1) is 0 Å². The average molecular weight is 481 g/mol. The fraction of sp³-hybridized carbons (Fsp3) is 0.385. The zero-order valence-electron chi connectivity index (χ0n) is 17.6. The smallest absolute Gasteiger partial charge is 0.0816 e. The zero-order valence-corrected chi connectivity index (χ0v) is 19.1. The van der Waals surface area contributed by atoms with Crippen LogP contribution in [0, 0.1) is 0 Å². The second-order valence-corrected chi connectivity index (χ2v) is 7.13. The number of unbranched alkanes of at least 4 members (excludes halogenated alkanes) is 8. The number of aliphatic imine (C=N–C) groups is 2. The quantitative estimate of drug-likeness (QED) is 0.157. The summed E-state index contributed by atoms with van der Waals surface area (Å²) in [5.41, 5.74) is 2.78. The Balaban J connectivity index is 0.00000420. The first-order chi connectivity index (χ1) is 13.9. The monoisotopic (exact) mass is 480 g/mol. The molecule has 2 nitrogen and oxygen atoms in total. The number of nitrogens with zero attached hydrogens (tertiary/aromatic N) is 2. The van der Waals surface area contributed by atoms with Crippen molar-refractivity contribution in [3.63, 3.8) is 0 Å². The Labute approximate surface area is 190 Å². The van der Waals surface area contributed by atoms with Crippen LogP contribution in [-0.2, 0) is 20.4 Å². The third kappa shape index (κ3) is 12.4. The number of rotatable bonds is 13. The molecule has 3 heteroatoms. The molecule has 0 fully saturated rings. The molecular formula is C26H34N2Pd. The topological polar surface area (TPSA) is 24.7 Å². The summed E-state index contributed by atoms with van der Waals surface area (Å²) in [5.74, 6) is 0. The van der Waals surface area contributed by atoms with E-state index in [-0.39, 0.29) is 20.4 Å². The molecule has 0 atom stereocenters. The molecule has 0 N–H and O–H groups in total. The molecule has 0 bridgehead atoms. The van der Waals surface area contributed by atoms with E-state index in [0.717, 1.165) is 23.5 Å². The fourth-order valence-corrected chi connectivity index (χ4v) is 3.02. The second-order valence-electron chi connectivity index (χ2n) is 7.13. The molecule has 0 heterocycles. The Kier molecular flexibility index (Phi) is 14.8. The van der Waals surface area contributed by atoms with E-state index in [9.17, 15) is 0 Å². The number of para-hydroxylation sites is 2. The molecular weight excluding hydrogens is 447 g/mol. The van der Waals surface area contributed by atoms with Crippen molar-refractivity contribution in [3.05, 3.63) is 72.8 Å². The summed E-state index contributed by atoms with van der Waals surface area (Å²) in [6, 6.07) is 20.1. The van der Waals surface area contributed by atoms with Crippen LogP contribution in [0.3, 0.4) is 0 Å². The van der Waals surface area contributed by atoms with Crippen molar-refractivity contribution in [3.8, 4) is 0 Å². The molecule has 0 saturated carbocycles. The molecule has 2 aromatic carbocycles. The van der Waals surface area contributed by atoms with Crippen molar-refractivity contribution < 1.29 is 20.4 Å². The van der Waals surface area contributed by atoms with Gasteiger partial charge in [0.05, 0.1) is 23.3 Å². The number of benzene rings is 2. The standard InChI is InChI=1S/C26H34N2.Pd/c1-2-3-4-5-6-7-8-9-10-13-22-26(28-25-20-16-12-17-21-25)23-27-24-18-14-11-15-19-24;/h11-23H,2-10H2,1H3;/b22-13+,27-23?,28-26?;. The van der Waals surface area contributed by atoms with Gasteiger partial charge in [-0.25, -0.2) is 4.99 Å². The van der Waals surface area contributed by atoms with E-state index in [1.807, 2.05) is 66.9 Å². The molecule has 0 spiro atoms. The largest absolute Gasteiger partial charge is 0.255 e. The molecule has 0 unspecified atom stereocenters. The summed E-state index contributed by atoms with van der Waals surface area (Å²) < 4.78 is 0.